The van der Waals surface area contributed by atoms with Gasteiger partial charge in [0.25, 0.3) is 5.91 Å². The minimum absolute atomic E-state index is 0.0310. The first-order valence-electron chi connectivity index (χ1n) is 9.16. The van der Waals surface area contributed by atoms with Crippen molar-refractivity contribution in [1.82, 2.24) is 10.0 Å². The minimum Gasteiger partial charge on any atom is -0.484 e. The van der Waals surface area contributed by atoms with Crippen molar-refractivity contribution in [2.24, 2.45) is 0 Å². The predicted molar refractivity (Wildman–Crippen MR) is 96.5 cm³/mol. The second kappa shape index (κ2) is 8.83. The summed E-state index contributed by atoms with van der Waals surface area (Å²) >= 11 is 0. The van der Waals surface area contributed by atoms with E-state index in [-0.39, 0.29) is 29.6 Å². The molecule has 1 atom stereocenters. The van der Waals surface area contributed by atoms with Crippen LogP contribution in [0.5, 0.6) is 5.75 Å². The van der Waals surface area contributed by atoms with E-state index < -0.39 is 10.0 Å². The van der Waals surface area contributed by atoms with Gasteiger partial charge in [-0.1, -0.05) is 12.8 Å². The molecule has 26 heavy (non-hydrogen) atoms. The van der Waals surface area contributed by atoms with Crippen molar-refractivity contribution in [2.45, 2.75) is 55.6 Å². The van der Waals surface area contributed by atoms with Gasteiger partial charge in [-0.2, -0.15) is 0 Å². The Morgan fingerprint density at radius 1 is 1.12 bits per heavy atom. The lowest BCUT2D eigenvalue weighted by atomic mass is 10.2. The normalized spacial score (nSPS) is 21.0. The van der Waals surface area contributed by atoms with Crippen molar-refractivity contribution >= 4 is 15.9 Å². The van der Waals surface area contributed by atoms with E-state index in [1.807, 2.05) is 0 Å². The van der Waals surface area contributed by atoms with E-state index in [4.69, 9.17) is 9.47 Å². The van der Waals surface area contributed by atoms with Gasteiger partial charge in [0.05, 0.1) is 11.0 Å². The molecule has 2 aliphatic rings. The summed E-state index contributed by atoms with van der Waals surface area (Å²) in [7, 11) is -3.51. The molecule has 0 bridgehead atoms. The van der Waals surface area contributed by atoms with Crippen molar-refractivity contribution in [2.75, 3.05) is 19.8 Å². The third kappa shape index (κ3) is 5.43. The highest BCUT2D eigenvalue weighted by molar-refractivity contribution is 7.89. The number of sulfonamides is 1. The molecule has 1 aliphatic heterocycles. The topological polar surface area (TPSA) is 93.7 Å². The highest BCUT2D eigenvalue weighted by atomic mass is 32.2. The minimum atomic E-state index is -3.51. The molecule has 0 unspecified atom stereocenters. The summed E-state index contributed by atoms with van der Waals surface area (Å²) in [6.07, 6.45) is 6.00. The molecule has 1 amide bonds. The molecule has 8 heteroatoms. The van der Waals surface area contributed by atoms with Crippen LogP contribution in [0.15, 0.2) is 29.2 Å². The van der Waals surface area contributed by atoms with E-state index in [0.29, 0.717) is 12.3 Å². The SMILES string of the molecule is O=C(COc1ccc(S(=O)(=O)NC2CCCC2)cc1)NC[C@@H]1CCCO1. The van der Waals surface area contributed by atoms with Crippen LogP contribution in [0.3, 0.4) is 0 Å². The molecule has 7 nitrogen and oxygen atoms in total. The van der Waals surface area contributed by atoms with E-state index in [1.54, 1.807) is 12.1 Å². The number of carbonyl (C=O) groups excluding carboxylic acids is 1. The maximum Gasteiger partial charge on any atom is 0.258 e. The van der Waals surface area contributed by atoms with Gasteiger partial charge >= 0.3 is 0 Å². The Hall–Kier alpha value is -1.64. The van der Waals surface area contributed by atoms with Gasteiger partial charge < -0.3 is 14.8 Å². The Bertz CT molecular complexity index is 693. The molecule has 1 heterocycles. The average Bonchev–Trinajstić information content (AvgIpc) is 3.32. The van der Waals surface area contributed by atoms with Crippen molar-refractivity contribution in [3.05, 3.63) is 24.3 Å². The van der Waals surface area contributed by atoms with Gasteiger partial charge in [0.2, 0.25) is 10.0 Å². The van der Waals surface area contributed by atoms with Crippen LogP contribution in [-0.4, -0.2) is 46.2 Å². The van der Waals surface area contributed by atoms with E-state index >= 15 is 0 Å². The zero-order valence-electron chi connectivity index (χ0n) is 14.8. The van der Waals surface area contributed by atoms with Gasteiger partial charge in [-0.05, 0) is 49.9 Å². The van der Waals surface area contributed by atoms with Crippen molar-refractivity contribution in [1.29, 1.82) is 0 Å². The molecule has 0 radical (unpaired) electrons. The highest BCUT2D eigenvalue weighted by Crippen LogP contribution is 2.21. The third-order valence-corrected chi connectivity index (χ3v) is 6.27. The highest BCUT2D eigenvalue weighted by Gasteiger charge is 2.23. The molecule has 2 N–H and O–H groups in total. The Morgan fingerprint density at radius 2 is 1.85 bits per heavy atom. The summed E-state index contributed by atoms with van der Waals surface area (Å²) in [5, 5.41) is 2.78. The van der Waals surface area contributed by atoms with Crippen LogP contribution in [0.4, 0.5) is 0 Å². The molecule has 0 aromatic heterocycles. The van der Waals surface area contributed by atoms with Crippen molar-refractivity contribution < 1.29 is 22.7 Å². The first-order chi connectivity index (χ1) is 12.5. The molecule has 2 fully saturated rings. The number of hydrogen-bond donors (Lipinski definition) is 2. The van der Waals surface area contributed by atoms with Crippen LogP contribution in [-0.2, 0) is 19.6 Å². The number of amides is 1. The van der Waals surface area contributed by atoms with Gasteiger partial charge in [0.15, 0.2) is 6.61 Å². The summed E-state index contributed by atoms with van der Waals surface area (Å²) in [6, 6.07) is 6.16. The zero-order chi connectivity index (χ0) is 18.4. The maximum absolute atomic E-state index is 12.3. The van der Waals surface area contributed by atoms with Crippen LogP contribution >= 0.6 is 0 Å². The summed E-state index contributed by atoms with van der Waals surface area (Å²) in [6.45, 7) is 1.13. The van der Waals surface area contributed by atoms with Crippen LogP contribution in [0, 0.1) is 0 Å². The van der Waals surface area contributed by atoms with Gasteiger partial charge in [0, 0.05) is 19.2 Å². The first kappa shape index (κ1) is 19.1. The Balaban J connectivity index is 1.45. The summed E-state index contributed by atoms with van der Waals surface area (Å²) in [5.74, 6) is 0.234. The van der Waals surface area contributed by atoms with Gasteiger partial charge in [-0.3, -0.25) is 4.79 Å². The second-order valence-electron chi connectivity index (χ2n) is 6.80. The fourth-order valence-electron chi connectivity index (χ4n) is 3.28. The van der Waals surface area contributed by atoms with Crippen molar-refractivity contribution in [3.63, 3.8) is 0 Å². The number of nitrogens with one attached hydrogen (secondary N) is 2. The van der Waals surface area contributed by atoms with Gasteiger partial charge in [-0.25, -0.2) is 13.1 Å². The molecule has 1 saturated heterocycles. The number of rotatable bonds is 8. The second-order valence-corrected chi connectivity index (χ2v) is 8.52. The average molecular weight is 382 g/mol. The van der Waals surface area contributed by atoms with Gasteiger partial charge in [-0.15, -0.1) is 0 Å². The van der Waals surface area contributed by atoms with Crippen LogP contribution in [0.2, 0.25) is 0 Å². The molecule has 1 aromatic rings. The maximum atomic E-state index is 12.3. The smallest absolute Gasteiger partial charge is 0.258 e. The molecule has 1 saturated carbocycles. The predicted octanol–water partition coefficient (Wildman–Crippen LogP) is 1.58. The Kier molecular flexibility index (Phi) is 6.50. The fourth-order valence-corrected chi connectivity index (χ4v) is 4.58. The lowest BCUT2D eigenvalue weighted by molar-refractivity contribution is -0.123. The first-order valence-corrected chi connectivity index (χ1v) is 10.6. The Morgan fingerprint density at radius 3 is 2.50 bits per heavy atom. The largest absolute Gasteiger partial charge is 0.484 e. The molecule has 3 rings (SSSR count). The van der Waals surface area contributed by atoms with E-state index in [2.05, 4.69) is 10.0 Å². The summed E-state index contributed by atoms with van der Waals surface area (Å²) < 4.78 is 38.3. The van der Waals surface area contributed by atoms with Crippen molar-refractivity contribution in [3.8, 4) is 5.75 Å². The lowest BCUT2D eigenvalue weighted by Crippen LogP contribution is -2.35. The Labute approximate surface area is 154 Å². The van der Waals surface area contributed by atoms with E-state index in [0.717, 1.165) is 45.1 Å². The molecule has 1 aliphatic carbocycles. The molecular formula is C18H26N2O5S. The monoisotopic (exact) mass is 382 g/mol. The summed E-state index contributed by atoms with van der Waals surface area (Å²) in [4.78, 5) is 12.0. The third-order valence-electron chi connectivity index (χ3n) is 4.73. The fraction of sp³-hybridized carbons (Fsp3) is 0.611. The molecular weight excluding hydrogens is 356 g/mol. The lowest BCUT2D eigenvalue weighted by Gasteiger charge is -2.13. The number of carbonyl (C=O) groups is 1. The zero-order valence-corrected chi connectivity index (χ0v) is 15.6. The standard InChI is InChI=1S/C18H26N2O5S/c21-18(19-12-16-6-3-11-24-16)13-25-15-7-9-17(10-8-15)26(22,23)20-14-4-1-2-5-14/h7-10,14,16,20H,1-6,11-13H2,(H,19,21)/t16-/m0/s1. The van der Waals surface area contributed by atoms with Crippen LogP contribution in [0.25, 0.3) is 0 Å². The summed E-state index contributed by atoms with van der Waals surface area (Å²) in [5.41, 5.74) is 0. The number of hydrogen-bond acceptors (Lipinski definition) is 5. The number of benzene rings is 1. The van der Waals surface area contributed by atoms with Gasteiger partial charge in [0.1, 0.15) is 5.75 Å². The quantitative estimate of drug-likeness (QED) is 0.712. The molecule has 0 spiro atoms. The van der Waals surface area contributed by atoms with E-state index in [1.165, 1.54) is 12.1 Å². The van der Waals surface area contributed by atoms with Crippen LogP contribution in [0.1, 0.15) is 38.5 Å². The van der Waals surface area contributed by atoms with E-state index in [9.17, 15) is 13.2 Å². The number of ether oxygens (including phenoxy) is 2. The molecule has 144 valence electrons. The molecule has 1 aromatic carbocycles. The van der Waals surface area contributed by atoms with Crippen LogP contribution < -0.4 is 14.8 Å².